The second-order valence-corrected chi connectivity index (χ2v) is 12.9. The van der Waals surface area contributed by atoms with Crippen molar-refractivity contribution in [3.05, 3.63) is 176 Å². The highest BCUT2D eigenvalue weighted by atomic mass is 32.1. The molecule has 7 aromatic carbocycles. The smallest absolute Gasteiger partial charge is 0.124 e. The normalized spacial score (nSPS) is 11.1. The maximum atomic E-state index is 5.20. The lowest BCUT2D eigenvalue weighted by molar-refractivity contribution is 1.28. The number of anilines is 3. The van der Waals surface area contributed by atoms with Gasteiger partial charge in [0, 0.05) is 33.1 Å². The molecule has 0 aliphatic rings. The fourth-order valence-corrected chi connectivity index (χ4v) is 7.55. The molecule has 224 valence electrons. The summed E-state index contributed by atoms with van der Waals surface area (Å²) in [5.74, 6) is 0. The van der Waals surface area contributed by atoms with Crippen LogP contribution in [-0.2, 0) is 0 Å². The van der Waals surface area contributed by atoms with Crippen LogP contribution in [0.2, 0.25) is 0 Å². The molecule has 0 radical (unpaired) electrons. The van der Waals surface area contributed by atoms with E-state index < -0.39 is 0 Å². The van der Waals surface area contributed by atoms with Gasteiger partial charge in [-0.15, -0.1) is 24.0 Å². The van der Waals surface area contributed by atoms with E-state index in [1.165, 1.54) is 11.1 Å². The Labute approximate surface area is 284 Å². The van der Waals surface area contributed by atoms with E-state index in [0.717, 1.165) is 65.0 Å². The third kappa shape index (κ3) is 5.74. The molecule has 0 spiro atoms. The highest BCUT2D eigenvalue weighted by molar-refractivity contribution is 7.80. The molecular formula is C43H30N2S2. The lowest BCUT2D eigenvalue weighted by Gasteiger charge is -2.26. The maximum Gasteiger partial charge on any atom is 0.124 e. The van der Waals surface area contributed by atoms with Gasteiger partial charge in [-0.1, -0.05) is 133 Å². The summed E-state index contributed by atoms with van der Waals surface area (Å²) in [7, 11) is 0. The van der Waals surface area contributed by atoms with Crippen LogP contribution in [0.1, 0.15) is 0 Å². The number of hydrogen-bond donors (Lipinski definition) is 1. The minimum atomic E-state index is 0.928. The zero-order valence-corrected chi connectivity index (χ0v) is 27.2. The van der Waals surface area contributed by atoms with Crippen LogP contribution in [0.4, 0.5) is 17.1 Å². The van der Waals surface area contributed by atoms with Crippen molar-refractivity contribution in [2.75, 3.05) is 4.90 Å². The van der Waals surface area contributed by atoms with Gasteiger partial charge in [-0.3, -0.25) is 0 Å². The molecule has 47 heavy (non-hydrogen) atoms. The van der Waals surface area contributed by atoms with Crippen LogP contribution in [0.5, 0.6) is 0 Å². The van der Waals surface area contributed by atoms with E-state index in [9.17, 15) is 0 Å². The van der Waals surface area contributed by atoms with Crippen molar-refractivity contribution in [1.29, 1.82) is 0 Å². The second-order valence-electron chi connectivity index (χ2n) is 11.4. The van der Waals surface area contributed by atoms with Gasteiger partial charge in [-0.2, -0.15) is 0 Å². The van der Waals surface area contributed by atoms with Gasteiger partial charge in [0.15, 0.2) is 0 Å². The summed E-state index contributed by atoms with van der Waals surface area (Å²) in [6, 6.07) is 61.8. The number of thiazole rings is 1. The fourth-order valence-electron chi connectivity index (χ4n) is 6.11. The number of thiol groups is 1. The Morgan fingerprint density at radius 3 is 1.47 bits per heavy atom. The van der Waals surface area contributed by atoms with Gasteiger partial charge in [0.25, 0.3) is 0 Å². The van der Waals surface area contributed by atoms with E-state index in [-0.39, 0.29) is 0 Å². The molecule has 0 atom stereocenters. The monoisotopic (exact) mass is 638 g/mol. The molecule has 2 nitrogen and oxygen atoms in total. The highest BCUT2D eigenvalue weighted by Crippen LogP contribution is 2.45. The summed E-state index contributed by atoms with van der Waals surface area (Å²) in [5, 5.41) is 1.01. The predicted molar refractivity (Wildman–Crippen MR) is 203 cm³/mol. The zero-order valence-electron chi connectivity index (χ0n) is 25.5. The van der Waals surface area contributed by atoms with Crippen LogP contribution in [-0.4, -0.2) is 4.98 Å². The topological polar surface area (TPSA) is 16.1 Å². The van der Waals surface area contributed by atoms with Crippen LogP contribution in [0.15, 0.2) is 181 Å². The first-order chi connectivity index (χ1) is 23.2. The molecule has 0 saturated heterocycles. The van der Waals surface area contributed by atoms with Crippen molar-refractivity contribution in [1.82, 2.24) is 4.98 Å². The molecule has 0 aliphatic carbocycles. The van der Waals surface area contributed by atoms with Gasteiger partial charge in [-0.25, -0.2) is 4.98 Å². The van der Waals surface area contributed by atoms with Crippen molar-refractivity contribution in [2.24, 2.45) is 0 Å². The largest absolute Gasteiger partial charge is 0.311 e. The Morgan fingerprint density at radius 1 is 0.447 bits per heavy atom. The molecule has 0 N–H and O–H groups in total. The highest BCUT2D eigenvalue weighted by Gasteiger charge is 2.20. The van der Waals surface area contributed by atoms with Gasteiger partial charge in [-0.05, 0) is 70.3 Å². The first-order valence-corrected chi connectivity index (χ1v) is 16.9. The summed E-state index contributed by atoms with van der Waals surface area (Å²) < 4.78 is 1.14. The Kier molecular flexibility index (Phi) is 7.88. The van der Waals surface area contributed by atoms with Gasteiger partial charge in [0.2, 0.25) is 0 Å². The predicted octanol–water partition coefficient (Wildman–Crippen LogP) is 12.7. The number of fused-ring (bicyclic) bond motifs is 1. The molecule has 0 bridgehead atoms. The molecule has 0 unspecified atom stereocenters. The van der Waals surface area contributed by atoms with E-state index in [0.29, 0.717) is 0 Å². The minimum absolute atomic E-state index is 0.928. The molecule has 1 heterocycles. The van der Waals surface area contributed by atoms with E-state index in [1.54, 1.807) is 11.3 Å². The average molecular weight is 639 g/mol. The lowest BCUT2D eigenvalue weighted by atomic mass is 9.97. The standard InChI is InChI=1S/C43H30N2S2/c46-42-38(32-15-7-2-8-16-32)29-39-41(44-43(47-39)34-17-9-3-10-18-34)40(42)33-23-27-37(28-24-33)45(35-19-11-4-12-20-35)36-25-21-31(22-26-36)30-13-5-1-6-14-30/h1-29,46H. The molecule has 0 saturated carbocycles. The van der Waals surface area contributed by atoms with Crippen LogP contribution >= 0.6 is 24.0 Å². The average Bonchev–Trinajstić information content (AvgIpc) is 3.58. The quantitative estimate of drug-likeness (QED) is 0.175. The van der Waals surface area contributed by atoms with Crippen molar-refractivity contribution < 1.29 is 0 Å². The molecule has 0 amide bonds. The molecule has 4 heteroatoms. The van der Waals surface area contributed by atoms with Gasteiger partial charge in [0.1, 0.15) is 5.01 Å². The number of para-hydroxylation sites is 1. The Balaban J connectivity index is 1.24. The van der Waals surface area contributed by atoms with Crippen LogP contribution in [0, 0.1) is 0 Å². The van der Waals surface area contributed by atoms with E-state index in [1.807, 2.05) is 12.1 Å². The Bertz CT molecular complexity index is 2260. The number of hydrogen-bond acceptors (Lipinski definition) is 4. The van der Waals surface area contributed by atoms with Gasteiger partial charge in [0.05, 0.1) is 10.2 Å². The first-order valence-electron chi connectivity index (χ1n) is 15.6. The van der Waals surface area contributed by atoms with Gasteiger partial charge >= 0.3 is 0 Å². The van der Waals surface area contributed by atoms with Gasteiger partial charge < -0.3 is 4.90 Å². The molecule has 8 aromatic rings. The number of nitrogens with zero attached hydrogens (tertiary/aromatic N) is 2. The molecule has 0 aliphatic heterocycles. The number of aromatic nitrogens is 1. The lowest BCUT2D eigenvalue weighted by Crippen LogP contribution is -2.09. The molecule has 8 rings (SSSR count). The third-order valence-electron chi connectivity index (χ3n) is 8.42. The number of benzene rings is 7. The summed E-state index contributed by atoms with van der Waals surface area (Å²) in [6.07, 6.45) is 0. The molecule has 0 fully saturated rings. The van der Waals surface area contributed by atoms with E-state index in [4.69, 9.17) is 17.6 Å². The molecular weight excluding hydrogens is 609 g/mol. The van der Waals surface area contributed by atoms with E-state index in [2.05, 4.69) is 169 Å². The zero-order chi connectivity index (χ0) is 31.6. The third-order valence-corrected chi connectivity index (χ3v) is 9.94. The maximum absolute atomic E-state index is 5.20. The van der Waals surface area contributed by atoms with Crippen molar-refractivity contribution in [2.45, 2.75) is 4.90 Å². The number of rotatable bonds is 7. The van der Waals surface area contributed by atoms with Crippen molar-refractivity contribution >= 4 is 51.2 Å². The Hall–Kier alpha value is -5.42. The van der Waals surface area contributed by atoms with Crippen molar-refractivity contribution in [3.63, 3.8) is 0 Å². The molecule has 1 aromatic heterocycles. The van der Waals surface area contributed by atoms with Crippen LogP contribution in [0.3, 0.4) is 0 Å². The van der Waals surface area contributed by atoms with Crippen molar-refractivity contribution in [3.8, 4) is 44.0 Å². The second kappa shape index (κ2) is 12.8. The van der Waals surface area contributed by atoms with Crippen LogP contribution < -0.4 is 4.90 Å². The summed E-state index contributed by atoms with van der Waals surface area (Å²) in [6.45, 7) is 0. The summed E-state index contributed by atoms with van der Waals surface area (Å²) in [4.78, 5) is 8.43. The van der Waals surface area contributed by atoms with E-state index >= 15 is 0 Å². The fraction of sp³-hybridized carbons (Fsp3) is 0. The van der Waals surface area contributed by atoms with Crippen LogP contribution in [0.25, 0.3) is 54.2 Å². The summed E-state index contributed by atoms with van der Waals surface area (Å²) in [5.41, 5.74) is 12.1. The Morgan fingerprint density at radius 2 is 0.894 bits per heavy atom. The minimum Gasteiger partial charge on any atom is -0.311 e. The SMILES string of the molecule is Sc1c(-c2ccccc2)cc2sc(-c3ccccc3)nc2c1-c1ccc(N(c2ccccc2)c2ccc(-c3ccccc3)cc2)cc1. The first kappa shape index (κ1) is 29.0. The summed E-state index contributed by atoms with van der Waals surface area (Å²) >= 11 is 6.91.